The Morgan fingerprint density at radius 3 is 2.89 bits per heavy atom. The number of rotatable bonds is 3. The third-order valence-corrected chi connectivity index (χ3v) is 4.33. The summed E-state index contributed by atoms with van der Waals surface area (Å²) in [5, 5.41) is 3.38. The molecule has 0 saturated carbocycles. The molecule has 5 heteroatoms. The van der Waals surface area contributed by atoms with Crippen LogP contribution in [-0.2, 0) is 4.79 Å². The van der Waals surface area contributed by atoms with Gasteiger partial charge < -0.3 is 15.1 Å². The Balaban J connectivity index is 1.80. The second-order valence-corrected chi connectivity index (χ2v) is 5.94. The quantitative estimate of drug-likeness (QED) is 0.772. The highest BCUT2D eigenvalue weighted by molar-refractivity contribution is 5.78. The van der Waals surface area contributed by atoms with Gasteiger partial charge in [0.25, 0.3) is 0 Å². The van der Waals surface area contributed by atoms with Crippen LogP contribution in [0.4, 0.5) is 0 Å². The molecule has 2 rings (SSSR count). The van der Waals surface area contributed by atoms with Crippen molar-refractivity contribution in [3.05, 3.63) is 0 Å². The molecule has 0 aromatic heterocycles. The summed E-state index contributed by atoms with van der Waals surface area (Å²) >= 11 is 0. The number of carbonyl (C=O) groups excluding carboxylic acids is 1. The molecule has 5 nitrogen and oxygen atoms in total. The van der Waals surface area contributed by atoms with Gasteiger partial charge in [0.05, 0.1) is 6.54 Å². The van der Waals surface area contributed by atoms with Crippen LogP contribution in [0.2, 0.25) is 0 Å². The van der Waals surface area contributed by atoms with E-state index in [1.165, 1.54) is 6.42 Å². The van der Waals surface area contributed by atoms with Crippen molar-refractivity contribution in [2.45, 2.75) is 25.3 Å². The van der Waals surface area contributed by atoms with Gasteiger partial charge in [0.1, 0.15) is 0 Å². The number of carbonyl (C=O) groups is 1. The zero-order chi connectivity index (χ0) is 13.7. The van der Waals surface area contributed by atoms with Crippen LogP contribution >= 0.6 is 0 Å². The van der Waals surface area contributed by atoms with Crippen molar-refractivity contribution in [1.29, 1.82) is 0 Å². The van der Waals surface area contributed by atoms with Gasteiger partial charge in [0, 0.05) is 32.7 Å². The van der Waals surface area contributed by atoms with Crippen LogP contribution in [-0.4, -0.2) is 86.6 Å². The van der Waals surface area contributed by atoms with Gasteiger partial charge >= 0.3 is 0 Å². The number of nitrogens with one attached hydrogen (secondary N) is 1. The standard InChI is InChI=1S/C14H28N4O/c1-16-8-3-5-13(11-16)17(2)14(19)12-18-9-4-6-15-7-10-18/h13,15H,3-12H2,1-2H3. The van der Waals surface area contributed by atoms with E-state index < -0.39 is 0 Å². The molecular formula is C14H28N4O. The van der Waals surface area contributed by atoms with E-state index >= 15 is 0 Å². The first-order valence-electron chi connectivity index (χ1n) is 7.54. The van der Waals surface area contributed by atoms with Crippen molar-refractivity contribution in [3.63, 3.8) is 0 Å². The predicted molar refractivity (Wildman–Crippen MR) is 77.2 cm³/mol. The topological polar surface area (TPSA) is 38.8 Å². The zero-order valence-corrected chi connectivity index (χ0v) is 12.4. The van der Waals surface area contributed by atoms with Crippen LogP contribution in [0, 0.1) is 0 Å². The maximum absolute atomic E-state index is 12.4. The first kappa shape index (κ1) is 14.8. The first-order valence-corrected chi connectivity index (χ1v) is 7.54. The predicted octanol–water partition coefficient (Wildman–Crippen LogP) is -0.166. The van der Waals surface area contributed by atoms with E-state index in [-0.39, 0.29) is 5.91 Å². The van der Waals surface area contributed by atoms with Crippen molar-refractivity contribution in [3.8, 4) is 0 Å². The number of hydrogen-bond acceptors (Lipinski definition) is 4. The summed E-state index contributed by atoms with van der Waals surface area (Å²) in [5.74, 6) is 0.280. The van der Waals surface area contributed by atoms with E-state index in [1.807, 2.05) is 11.9 Å². The fourth-order valence-corrected chi connectivity index (χ4v) is 3.02. The molecule has 2 aliphatic rings. The van der Waals surface area contributed by atoms with E-state index in [1.54, 1.807) is 0 Å². The molecule has 2 heterocycles. The smallest absolute Gasteiger partial charge is 0.236 e. The van der Waals surface area contributed by atoms with Gasteiger partial charge in [-0.2, -0.15) is 0 Å². The van der Waals surface area contributed by atoms with Crippen LogP contribution in [0.25, 0.3) is 0 Å². The van der Waals surface area contributed by atoms with Gasteiger partial charge in [-0.3, -0.25) is 9.69 Å². The number of hydrogen-bond donors (Lipinski definition) is 1. The van der Waals surface area contributed by atoms with Gasteiger partial charge in [-0.25, -0.2) is 0 Å². The van der Waals surface area contributed by atoms with Crippen molar-refractivity contribution < 1.29 is 4.79 Å². The van der Waals surface area contributed by atoms with Crippen LogP contribution in [0.5, 0.6) is 0 Å². The van der Waals surface area contributed by atoms with E-state index in [0.717, 1.165) is 52.1 Å². The van der Waals surface area contributed by atoms with E-state index in [0.29, 0.717) is 12.6 Å². The van der Waals surface area contributed by atoms with Gasteiger partial charge in [0.2, 0.25) is 5.91 Å². The fourth-order valence-electron chi connectivity index (χ4n) is 3.02. The number of amides is 1. The Hall–Kier alpha value is -0.650. The molecule has 2 saturated heterocycles. The Labute approximate surface area is 116 Å². The molecule has 19 heavy (non-hydrogen) atoms. The average molecular weight is 268 g/mol. The van der Waals surface area contributed by atoms with Crippen LogP contribution in [0.15, 0.2) is 0 Å². The summed E-state index contributed by atoms with van der Waals surface area (Å²) in [5.41, 5.74) is 0. The highest BCUT2D eigenvalue weighted by atomic mass is 16.2. The Morgan fingerprint density at radius 2 is 2.11 bits per heavy atom. The Kier molecular flexibility index (Phi) is 5.60. The molecule has 1 unspecified atom stereocenters. The average Bonchev–Trinajstić information content (AvgIpc) is 2.66. The minimum absolute atomic E-state index is 0.280. The maximum atomic E-state index is 12.4. The van der Waals surface area contributed by atoms with Crippen LogP contribution in [0.3, 0.4) is 0 Å². The lowest BCUT2D eigenvalue weighted by atomic mass is 10.1. The molecule has 0 radical (unpaired) electrons. The van der Waals surface area contributed by atoms with Crippen molar-refractivity contribution in [2.24, 2.45) is 0 Å². The van der Waals surface area contributed by atoms with Gasteiger partial charge in [0.15, 0.2) is 0 Å². The number of likely N-dealkylation sites (tertiary alicyclic amines) is 1. The highest BCUT2D eigenvalue weighted by Gasteiger charge is 2.25. The SMILES string of the molecule is CN1CCCC(N(C)C(=O)CN2CCCNCC2)C1. The molecular weight excluding hydrogens is 240 g/mol. The minimum atomic E-state index is 0.280. The van der Waals surface area contributed by atoms with E-state index in [9.17, 15) is 4.79 Å². The molecule has 2 fully saturated rings. The van der Waals surface area contributed by atoms with Gasteiger partial charge in [-0.15, -0.1) is 0 Å². The van der Waals surface area contributed by atoms with Crippen molar-refractivity contribution >= 4 is 5.91 Å². The number of piperidine rings is 1. The van der Waals surface area contributed by atoms with E-state index in [4.69, 9.17) is 0 Å². The summed E-state index contributed by atoms with van der Waals surface area (Å²) < 4.78 is 0. The summed E-state index contributed by atoms with van der Waals surface area (Å²) in [7, 11) is 4.12. The summed E-state index contributed by atoms with van der Waals surface area (Å²) in [6.07, 6.45) is 3.49. The third-order valence-electron chi connectivity index (χ3n) is 4.33. The molecule has 1 amide bonds. The highest BCUT2D eigenvalue weighted by Crippen LogP contribution is 2.13. The third kappa shape index (κ3) is 4.44. The Morgan fingerprint density at radius 1 is 1.26 bits per heavy atom. The maximum Gasteiger partial charge on any atom is 0.236 e. The molecule has 0 aromatic carbocycles. The molecule has 0 aromatic rings. The normalized spacial score (nSPS) is 26.9. The zero-order valence-electron chi connectivity index (χ0n) is 12.4. The first-order chi connectivity index (χ1) is 9.16. The number of likely N-dealkylation sites (N-methyl/N-ethyl adjacent to an activating group) is 2. The van der Waals surface area contributed by atoms with Crippen LogP contribution in [0.1, 0.15) is 19.3 Å². The second kappa shape index (κ2) is 7.22. The lowest BCUT2D eigenvalue weighted by Gasteiger charge is -2.36. The van der Waals surface area contributed by atoms with E-state index in [2.05, 4.69) is 22.2 Å². The lowest BCUT2D eigenvalue weighted by Crippen LogP contribution is -2.50. The summed E-state index contributed by atoms with van der Waals surface area (Å²) in [4.78, 5) is 19.0. The summed E-state index contributed by atoms with van der Waals surface area (Å²) in [6, 6.07) is 0.399. The molecule has 110 valence electrons. The number of nitrogens with zero attached hydrogens (tertiary/aromatic N) is 3. The molecule has 0 aliphatic carbocycles. The van der Waals surface area contributed by atoms with Crippen LogP contribution < -0.4 is 5.32 Å². The van der Waals surface area contributed by atoms with Gasteiger partial charge in [-0.05, 0) is 45.9 Å². The van der Waals surface area contributed by atoms with Crippen molar-refractivity contribution in [1.82, 2.24) is 20.0 Å². The molecule has 1 atom stereocenters. The Bertz CT molecular complexity index is 289. The molecule has 1 N–H and O–H groups in total. The van der Waals surface area contributed by atoms with Gasteiger partial charge in [-0.1, -0.05) is 0 Å². The molecule has 2 aliphatic heterocycles. The lowest BCUT2D eigenvalue weighted by molar-refractivity contribution is -0.134. The monoisotopic (exact) mass is 268 g/mol. The molecule has 0 bridgehead atoms. The minimum Gasteiger partial charge on any atom is -0.340 e. The van der Waals surface area contributed by atoms with Crippen molar-refractivity contribution in [2.75, 3.05) is 59.9 Å². The summed E-state index contributed by atoms with van der Waals surface area (Å²) in [6.45, 7) is 6.87. The second-order valence-electron chi connectivity index (χ2n) is 5.94. The fraction of sp³-hybridized carbons (Fsp3) is 0.929. The molecule has 0 spiro atoms. The largest absolute Gasteiger partial charge is 0.340 e.